The SMILES string of the molecule is CC(C)C1CCC(C(=O)N[C@@H](COC(=O)OC(=O)CCCC[C@@H]2CCSS2)Cc2ccccc2)CC1. The van der Waals surface area contributed by atoms with Gasteiger partial charge in [-0.1, -0.05) is 72.2 Å². The van der Waals surface area contributed by atoms with Crippen molar-refractivity contribution in [3.05, 3.63) is 35.9 Å². The fourth-order valence-electron chi connectivity index (χ4n) is 4.97. The van der Waals surface area contributed by atoms with Crippen molar-refractivity contribution in [3.63, 3.8) is 0 Å². The van der Waals surface area contributed by atoms with Gasteiger partial charge >= 0.3 is 12.1 Å². The van der Waals surface area contributed by atoms with Crippen molar-refractivity contribution in [3.8, 4) is 0 Å². The summed E-state index contributed by atoms with van der Waals surface area (Å²) in [6, 6.07) is 9.41. The summed E-state index contributed by atoms with van der Waals surface area (Å²) in [4.78, 5) is 37.2. The van der Waals surface area contributed by atoms with Gasteiger partial charge in [-0.15, -0.1) is 0 Å². The van der Waals surface area contributed by atoms with Crippen LogP contribution in [0.2, 0.25) is 0 Å². The van der Waals surface area contributed by atoms with E-state index in [1.807, 2.05) is 51.9 Å². The Kier molecular flexibility index (Phi) is 12.5. The second-order valence-electron chi connectivity index (χ2n) is 10.4. The molecule has 1 heterocycles. The molecule has 1 aliphatic carbocycles. The van der Waals surface area contributed by atoms with Crippen molar-refractivity contribution >= 4 is 39.6 Å². The van der Waals surface area contributed by atoms with Crippen LogP contribution in [0.5, 0.6) is 0 Å². The fraction of sp³-hybridized carbons (Fsp3) is 0.679. The standard InChI is InChI=1S/C28H41NO5S2/c1-20(2)22-12-14-23(15-13-22)27(31)29-24(18-21-8-4-3-5-9-21)19-33-28(32)34-26(30)11-7-6-10-25-16-17-35-36-25/h3-5,8-9,20,22-25H,6-7,10-19H2,1-2H3,(H,29,31)/t22?,23?,24-,25-/m1/s1. The number of benzene rings is 1. The predicted molar refractivity (Wildman–Crippen MR) is 147 cm³/mol. The first-order valence-corrected chi connectivity index (χ1v) is 15.8. The Bertz CT molecular complexity index is 820. The number of hydrogen-bond acceptors (Lipinski definition) is 7. The maximum Gasteiger partial charge on any atom is 0.516 e. The van der Waals surface area contributed by atoms with Gasteiger partial charge in [-0.2, -0.15) is 0 Å². The number of rotatable bonds is 12. The molecule has 1 N–H and O–H groups in total. The molecular weight excluding hydrogens is 494 g/mol. The number of esters is 1. The number of unbranched alkanes of at least 4 members (excludes halogenated alkanes) is 1. The maximum absolute atomic E-state index is 13.0. The van der Waals surface area contributed by atoms with Gasteiger partial charge in [0.25, 0.3) is 0 Å². The van der Waals surface area contributed by atoms with Crippen LogP contribution in [0.3, 0.4) is 0 Å². The molecular formula is C28H41NO5S2. The lowest BCUT2D eigenvalue weighted by molar-refractivity contribution is -0.140. The Balaban J connectivity index is 1.42. The monoisotopic (exact) mass is 535 g/mol. The lowest BCUT2D eigenvalue weighted by Crippen LogP contribution is -2.44. The lowest BCUT2D eigenvalue weighted by atomic mass is 9.76. The first kappa shape index (κ1) is 28.9. The minimum absolute atomic E-state index is 0.00645. The second-order valence-corrected chi connectivity index (χ2v) is 13.1. The molecule has 2 aliphatic rings. The summed E-state index contributed by atoms with van der Waals surface area (Å²) in [5, 5.41) is 3.77. The molecule has 1 saturated heterocycles. The van der Waals surface area contributed by atoms with Crippen molar-refractivity contribution in [2.24, 2.45) is 17.8 Å². The van der Waals surface area contributed by atoms with Crippen LogP contribution in [0.15, 0.2) is 30.3 Å². The van der Waals surface area contributed by atoms with Gasteiger partial charge in [0.15, 0.2) is 0 Å². The van der Waals surface area contributed by atoms with Crippen molar-refractivity contribution < 1.29 is 23.9 Å². The zero-order valence-corrected chi connectivity index (χ0v) is 23.2. The van der Waals surface area contributed by atoms with E-state index in [2.05, 4.69) is 19.2 Å². The predicted octanol–water partition coefficient (Wildman–Crippen LogP) is 6.57. The fourth-order valence-corrected chi connectivity index (χ4v) is 7.99. The van der Waals surface area contributed by atoms with Crippen LogP contribution in [0, 0.1) is 17.8 Å². The average Bonchev–Trinajstić information content (AvgIpc) is 3.39. The second kappa shape index (κ2) is 15.6. The van der Waals surface area contributed by atoms with Crippen molar-refractivity contribution in [1.29, 1.82) is 0 Å². The molecule has 1 aromatic carbocycles. The molecule has 6 nitrogen and oxygen atoms in total. The molecule has 8 heteroatoms. The van der Waals surface area contributed by atoms with Crippen molar-refractivity contribution in [2.75, 3.05) is 12.4 Å². The Hall–Kier alpha value is -1.67. The molecule has 1 amide bonds. The summed E-state index contributed by atoms with van der Waals surface area (Å²) in [6.07, 6.45) is 7.66. The summed E-state index contributed by atoms with van der Waals surface area (Å²) < 4.78 is 10.1. The molecule has 2 atom stereocenters. The van der Waals surface area contributed by atoms with Crippen LogP contribution in [-0.4, -0.2) is 41.7 Å². The Morgan fingerprint density at radius 1 is 1.03 bits per heavy atom. The van der Waals surface area contributed by atoms with E-state index in [0.29, 0.717) is 29.9 Å². The van der Waals surface area contributed by atoms with Gasteiger partial charge < -0.3 is 14.8 Å². The zero-order valence-electron chi connectivity index (χ0n) is 21.6. The number of carbonyl (C=O) groups excluding carboxylic acids is 3. The molecule has 36 heavy (non-hydrogen) atoms. The average molecular weight is 536 g/mol. The Morgan fingerprint density at radius 2 is 1.78 bits per heavy atom. The highest BCUT2D eigenvalue weighted by Crippen LogP contribution is 2.40. The number of ether oxygens (including phenoxy) is 2. The van der Waals surface area contributed by atoms with Crippen LogP contribution < -0.4 is 5.32 Å². The molecule has 1 saturated carbocycles. The summed E-state index contributed by atoms with van der Waals surface area (Å²) in [7, 11) is 3.85. The van der Waals surface area contributed by atoms with Crippen LogP contribution in [0.1, 0.15) is 77.2 Å². The van der Waals surface area contributed by atoms with E-state index < -0.39 is 12.1 Å². The number of nitrogens with one attached hydrogen (secondary N) is 1. The third-order valence-corrected chi connectivity index (χ3v) is 10.2. The molecule has 0 aromatic heterocycles. The number of carbonyl (C=O) groups is 3. The van der Waals surface area contributed by atoms with E-state index in [1.165, 1.54) is 12.2 Å². The minimum atomic E-state index is -0.993. The highest BCUT2D eigenvalue weighted by Gasteiger charge is 2.29. The third-order valence-electron chi connectivity index (χ3n) is 7.24. The van der Waals surface area contributed by atoms with E-state index in [0.717, 1.165) is 44.1 Å². The molecule has 1 aliphatic heterocycles. The largest absolute Gasteiger partial charge is 0.516 e. The molecule has 0 unspecified atom stereocenters. The Morgan fingerprint density at radius 3 is 2.44 bits per heavy atom. The zero-order chi connectivity index (χ0) is 25.8. The molecule has 1 aromatic rings. The number of amides is 1. The summed E-state index contributed by atoms with van der Waals surface area (Å²) >= 11 is 0. The van der Waals surface area contributed by atoms with Crippen LogP contribution >= 0.6 is 21.6 Å². The highest BCUT2D eigenvalue weighted by molar-refractivity contribution is 8.77. The molecule has 200 valence electrons. The van der Waals surface area contributed by atoms with Gasteiger partial charge in [0.05, 0.1) is 6.04 Å². The quantitative estimate of drug-likeness (QED) is 0.140. The first-order valence-electron chi connectivity index (χ1n) is 13.4. The Labute approximate surface area is 223 Å². The maximum atomic E-state index is 13.0. The van der Waals surface area contributed by atoms with Crippen molar-refractivity contribution in [2.45, 2.75) is 89.3 Å². The summed E-state index contributed by atoms with van der Waals surface area (Å²) in [5.41, 5.74) is 1.04. The van der Waals surface area contributed by atoms with E-state index in [9.17, 15) is 14.4 Å². The molecule has 0 radical (unpaired) electrons. The lowest BCUT2D eigenvalue weighted by Gasteiger charge is -2.31. The van der Waals surface area contributed by atoms with Gasteiger partial charge in [0, 0.05) is 23.3 Å². The van der Waals surface area contributed by atoms with E-state index in [1.54, 1.807) is 0 Å². The topological polar surface area (TPSA) is 81.7 Å². The van der Waals surface area contributed by atoms with Gasteiger partial charge in [0.2, 0.25) is 5.91 Å². The van der Waals surface area contributed by atoms with Gasteiger partial charge in [-0.3, -0.25) is 9.59 Å². The van der Waals surface area contributed by atoms with Gasteiger partial charge in [0.1, 0.15) is 6.61 Å². The van der Waals surface area contributed by atoms with Crippen LogP contribution in [-0.2, 0) is 25.5 Å². The molecule has 0 bridgehead atoms. The molecule has 2 fully saturated rings. The highest BCUT2D eigenvalue weighted by atomic mass is 33.1. The minimum Gasteiger partial charge on any atom is -0.432 e. The van der Waals surface area contributed by atoms with E-state index >= 15 is 0 Å². The summed E-state index contributed by atoms with van der Waals surface area (Å²) in [6.45, 7) is 4.46. The summed E-state index contributed by atoms with van der Waals surface area (Å²) in [5.74, 6) is 1.99. The number of hydrogen-bond donors (Lipinski definition) is 1. The normalized spacial score (nSPS) is 22.7. The van der Waals surface area contributed by atoms with Crippen LogP contribution in [0.25, 0.3) is 0 Å². The van der Waals surface area contributed by atoms with E-state index in [-0.39, 0.29) is 30.9 Å². The van der Waals surface area contributed by atoms with Gasteiger partial charge in [-0.25, -0.2) is 4.79 Å². The van der Waals surface area contributed by atoms with Crippen molar-refractivity contribution in [1.82, 2.24) is 5.32 Å². The van der Waals surface area contributed by atoms with Gasteiger partial charge in [-0.05, 0) is 68.8 Å². The molecule has 3 rings (SSSR count). The first-order chi connectivity index (χ1) is 17.4. The molecule has 0 spiro atoms. The smallest absolute Gasteiger partial charge is 0.432 e. The van der Waals surface area contributed by atoms with E-state index in [4.69, 9.17) is 9.47 Å². The third kappa shape index (κ3) is 10.4. The van der Waals surface area contributed by atoms with Crippen LogP contribution in [0.4, 0.5) is 4.79 Å².